The molecule has 2 aromatic rings. The zero-order valence-corrected chi connectivity index (χ0v) is 11.2. The monoisotopic (exact) mass is 271 g/mol. The van der Waals surface area contributed by atoms with Crippen LogP contribution in [0.3, 0.4) is 0 Å². The van der Waals surface area contributed by atoms with E-state index in [0.717, 1.165) is 42.6 Å². The van der Waals surface area contributed by atoms with Crippen molar-refractivity contribution < 1.29 is 5.11 Å². The van der Waals surface area contributed by atoms with Gasteiger partial charge in [-0.15, -0.1) is 0 Å². The van der Waals surface area contributed by atoms with E-state index in [2.05, 4.69) is 9.97 Å². The lowest BCUT2D eigenvalue weighted by Gasteiger charge is -2.15. The van der Waals surface area contributed by atoms with E-state index in [9.17, 15) is 4.79 Å². The lowest BCUT2D eigenvalue weighted by atomic mass is 9.97. The molecule has 0 aromatic carbocycles. The summed E-state index contributed by atoms with van der Waals surface area (Å²) in [5.41, 5.74) is 3.23. The number of aryl methyl sites for hydroxylation is 1. The van der Waals surface area contributed by atoms with Crippen molar-refractivity contribution >= 4 is 0 Å². The molecule has 2 aromatic heterocycles. The molecule has 0 fully saturated rings. The second kappa shape index (κ2) is 5.54. The number of rotatable bonds is 3. The van der Waals surface area contributed by atoms with Crippen LogP contribution in [-0.2, 0) is 26.0 Å². The maximum atomic E-state index is 12.4. The van der Waals surface area contributed by atoms with Gasteiger partial charge in [0, 0.05) is 5.56 Å². The van der Waals surface area contributed by atoms with Gasteiger partial charge in [-0.3, -0.25) is 14.3 Å². The molecule has 3 rings (SSSR count). The van der Waals surface area contributed by atoms with E-state index in [1.54, 1.807) is 17.0 Å². The molecule has 0 amide bonds. The first-order valence-corrected chi connectivity index (χ1v) is 6.91. The van der Waals surface area contributed by atoms with Crippen LogP contribution < -0.4 is 5.56 Å². The number of aromatic nitrogens is 3. The van der Waals surface area contributed by atoms with Crippen molar-refractivity contribution in [3.8, 4) is 0 Å². The van der Waals surface area contributed by atoms with Crippen LogP contribution >= 0.6 is 0 Å². The van der Waals surface area contributed by atoms with Crippen molar-refractivity contribution in [2.75, 3.05) is 0 Å². The molecule has 5 heteroatoms. The molecule has 0 radical (unpaired) electrons. The van der Waals surface area contributed by atoms with Gasteiger partial charge in [0.05, 0.1) is 36.6 Å². The fourth-order valence-electron chi connectivity index (χ4n) is 2.62. The van der Waals surface area contributed by atoms with Gasteiger partial charge in [-0.05, 0) is 37.8 Å². The average molecular weight is 271 g/mol. The van der Waals surface area contributed by atoms with Crippen molar-refractivity contribution in [3.05, 3.63) is 57.5 Å². The van der Waals surface area contributed by atoms with Crippen molar-refractivity contribution in [1.29, 1.82) is 0 Å². The van der Waals surface area contributed by atoms with Gasteiger partial charge < -0.3 is 5.11 Å². The Morgan fingerprint density at radius 2 is 2.00 bits per heavy atom. The topological polar surface area (TPSA) is 68.0 Å². The van der Waals surface area contributed by atoms with Crippen molar-refractivity contribution in [2.45, 2.75) is 38.8 Å². The fraction of sp³-hybridized carbons (Fsp3) is 0.400. The van der Waals surface area contributed by atoms with Gasteiger partial charge in [-0.2, -0.15) is 0 Å². The summed E-state index contributed by atoms with van der Waals surface area (Å²) in [7, 11) is 0. The predicted molar refractivity (Wildman–Crippen MR) is 74.4 cm³/mol. The van der Waals surface area contributed by atoms with Gasteiger partial charge >= 0.3 is 0 Å². The molecule has 20 heavy (non-hydrogen) atoms. The van der Waals surface area contributed by atoms with E-state index in [1.807, 2.05) is 12.1 Å². The molecular formula is C15H17N3O2. The number of fused-ring (bicyclic) bond motifs is 1. The van der Waals surface area contributed by atoms with E-state index >= 15 is 0 Å². The van der Waals surface area contributed by atoms with E-state index in [-0.39, 0.29) is 12.2 Å². The standard InChI is InChI=1S/C15H17N3O2/c19-9-12-5-3-4-11(17-12)8-18-10-16-14-7-2-1-6-13(14)15(18)20/h3-5,10,19H,1-2,6-9H2. The first-order chi connectivity index (χ1) is 9.78. The summed E-state index contributed by atoms with van der Waals surface area (Å²) < 4.78 is 1.60. The Morgan fingerprint density at radius 1 is 1.20 bits per heavy atom. The predicted octanol–water partition coefficient (Wildman–Crippen LogP) is 1.06. The van der Waals surface area contributed by atoms with Gasteiger partial charge in [0.1, 0.15) is 0 Å². The fourth-order valence-corrected chi connectivity index (χ4v) is 2.62. The molecule has 0 bridgehead atoms. The minimum atomic E-state index is -0.0921. The minimum absolute atomic E-state index is 0.0471. The first-order valence-electron chi connectivity index (χ1n) is 6.91. The first kappa shape index (κ1) is 13.0. The number of nitrogens with zero attached hydrogens (tertiary/aromatic N) is 3. The Morgan fingerprint density at radius 3 is 2.85 bits per heavy atom. The number of pyridine rings is 1. The zero-order valence-electron chi connectivity index (χ0n) is 11.2. The summed E-state index contributed by atoms with van der Waals surface area (Å²) in [6.45, 7) is 0.304. The van der Waals surface area contributed by atoms with Gasteiger partial charge in [0.2, 0.25) is 0 Å². The van der Waals surface area contributed by atoms with E-state index in [4.69, 9.17) is 5.11 Å². The van der Waals surface area contributed by atoms with Gasteiger partial charge in [-0.25, -0.2) is 4.98 Å². The Hall–Kier alpha value is -2.01. The second-order valence-corrected chi connectivity index (χ2v) is 5.09. The minimum Gasteiger partial charge on any atom is -0.390 e. The van der Waals surface area contributed by atoms with Crippen LogP contribution in [0.25, 0.3) is 0 Å². The van der Waals surface area contributed by atoms with Crippen LogP contribution in [0.5, 0.6) is 0 Å². The SMILES string of the molecule is O=c1c2c(ncn1Cc1cccc(CO)n1)CCCC2. The molecule has 1 aliphatic carbocycles. The number of hydrogen-bond donors (Lipinski definition) is 1. The molecule has 0 saturated carbocycles. The number of hydrogen-bond acceptors (Lipinski definition) is 4. The lowest BCUT2D eigenvalue weighted by Crippen LogP contribution is -2.28. The molecule has 0 aliphatic heterocycles. The Labute approximate surface area is 116 Å². The molecule has 5 nitrogen and oxygen atoms in total. The quantitative estimate of drug-likeness (QED) is 0.906. The highest BCUT2D eigenvalue weighted by atomic mass is 16.3. The molecule has 2 heterocycles. The van der Waals surface area contributed by atoms with Crippen molar-refractivity contribution in [3.63, 3.8) is 0 Å². The van der Waals surface area contributed by atoms with Crippen LogP contribution in [0.1, 0.15) is 35.5 Å². The highest BCUT2D eigenvalue weighted by Crippen LogP contribution is 2.15. The summed E-state index contributed by atoms with van der Waals surface area (Å²) in [5, 5.41) is 9.10. The van der Waals surface area contributed by atoms with E-state index in [1.165, 1.54) is 0 Å². The summed E-state index contributed by atoms with van der Waals surface area (Å²) in [5.74, 6) is 0. The van der Waals surface area contributed by atoms with E-state index in [0.29, 0.717) is 12.2 Å². The number of aliphatic hydroxyl groups excluding tert-OH is 1. The maximum Gasteiger partial charge on any atom is 0.257 e. The highest BCUT2D eigenvalue weighted by Gasteiger charge is 2.15. The summed E-state index contributed by atoms with van der Waals surface area (Å²) in [4.78, 5) is 21.1. The Bertz CT molecular complexity index is 679. The average Bonchev–Trinajstić information content (AvgIpc) is 2.50. The second-order valence-electron chi connectivity index (χ2n) is 5.09. The van der Waals surface area contributed by atoms with Gasteiger partial charge in [0.25, 0.3) is 5.56 Å². The van der Waals surface area contributed by atoms with E-state index < -0.39 is 0 Å². The van der Waals surface area contributed by atoms with Crippen molar-refractivity contribution in [1.82, 2.24) is 14.5 Å². The summed E-state index contributed by atoms with van der Waals surface area (Å²) in [6, 6.07) is 5.45. The third-order valence-corrected chi connectivity index (χ3v) is 3.67. The van der Waals surface area contributed by atoms with Crippen LogP contribution in [0.2, 0.25) is 0 Å². The third-order valence-electron chi connectivity index (χ3n) is 3.67. The lowest BCUT2D eigenvalue weighted by molar-refractivity contribution is 0.276. The maximum absolute atomic E-state index is 12.4. The van der Waals surface area contributed by atoms with Crippen molar-refractivity contribution in [2.24, 2.45) is 0 Å². The van der Waals surface area contributed by atoms with Crippen LogP contribution in [-0.4, -0.2) is 19.6 Å². The molecule has 1 N–H and O–H groups in total. The molecule has 0 atom stereocenters. The largest absolute Gasteiger partial charge is 0.390 e. The summed E-state index contributed by atoms with van der Waals surface area (Å²) in [6.07, 6.45) is 5.52. The molecule has 0 unspecified atom stereocenters. The zero-order chi connectivity index (χ0) is 13.9. The number of aliphatic hydroxyl groups is 1. The Kier molecular flexibility index (Phi) is 3.60. The van der Waals surface area contributed by atoms with Crippen LogP contribution in [0.4, 0.5) is 0 Å². The third kappa shape index (κ3) is 2.49. The molecule has 0 saturated heterocycles. The molecule has 1 aliphatic rings. The van der Waals surface area contributed by atoms with Gasteiger partial charge in [0.15, 0.2) is 0 Å². The molecule has 0 spiro atoms. The van der Waals surface area contributed by atoms with Crippen LogP contribution in [0, 0.1) is 0 Å². The smallest absolute Gasteiger partial charge is 0.257 e. The molecule has 104 valence electrons. The van der Waals surface area contributed by atoms with Crippen LogP contribution in [0.15, 0.2) is 29.3 Å². The molecular weight excluding hydrogens is 254 g/mol. The Balaban J connectivity index is 1.93. The summed E-state index contributed by atoms with van der Waals surface area (Å²) >= 11 is 0. The normalized spacial score (nSPS) is 14.1. The van der Waals surface area contributed by atoms with Gasteiger partial charge in [-0.1, -0.05) is 6.07 Å². The highest BCUT2D eigenvalue weighted by molar-refractivity contribution is 5.20.